The van der Waals surface area contributed by atoms with Gasteiger partial charge in [0.25, 0.3) is 10.1 Å². The molecule has 1 aromatic carbocycles. The summed E-state index contributed by atoms with van der Waals surface area (Å²) >= 11 is 0. The largest absolute Gasteiger partial charge is 1.00 e. The van der Waals surface area contributed by atoms with Crippen LogP contribution < -0.4 is 34.7 Å². The van der Waals surface area contributed by atoms with Crippen LogP contribution >= 0.6 is 0 Å². The molecule has 0 saturated carbocycles. The van der Waals surface area contributed by atoms with E-state index in [1.165, 1.54) is 18.2 Å². The summed E-state index contributed by atoms with van der Waals surface area (Å²) in [7, 11) is -3.59. The van der Waals surface area contributed by atoms with Gasteiger partial charge in [-0.2, -0.15) is 8.42 Å². The first kappa shape index (κ1) is 19.2. The molecular weight excluding hydrogens is 251 g/mol. The summed E-state index contributed by atoms with van der Waals surface area (Å²) in [6, 6.07) is 8.00. The second-order valence-electron chi connectivity index (χ2n) is 2.63. The van der Waals surface area contributed by atoms with Gasteiger partial charge in [-0.05, 0) is 12.1 Å². The van der Waals surface area contributed by atoms with Crippen LogP contribution in [0.15, 0.2) is 47.9 Å². The molecule has 0 aromatic heterocycles. The Morgan fingerprint density at radius 2 is 1.82 bits per heavy atom. The van der Waals surface area contributed by atoms with Gasteiger partial charge in [0.1, 0.15) is 0 Å². The Morgan fingerprint density at radius 1 is 1.35 bits per heavy atom. The van der Waals surface area contributed by atoms with Crippen molar-refractivity contribution in [3.63, 3.8) is 0 Å². The van der Waals surface area contributed by atoms with Crippen LogP contribution in [0.1, 0.15) is 6.92 Å². The van der Waals surface area contributed by atoms with E-state index in [-0.39, 0.29) is 47.7 Å². The molecule has 0 heterocycles. The molecule has 4 nitrogen and oxygen atoms in total. The summed E-state index contributed by atoms with van der Waals surface area (Å²) in [5.74, 6) is 0. The van der Waals surface area contributed by atoms with Crippen molar-refractivity contribution in [3.8, 4) is 0 Å². The molecule has 0 aliphatic rings. The Labute approximate surface area is 125 Å². The fourth-order valence-corrected chi connectivity index (χ4v) is 1.69. The van der Waals surface area contributed by atoms with Gasteiger partial charge in [0.2, 0.25) is 0 Å². The Bertz CT molecular complexity index is 389. The maximum absolute atomic E-state index is 11.3. The summed E-state index contributed by atoms with van der Waals surface area (Å²) in [6.07, 6.45) is 1.39. The van der Waals surface area contributed by atoms with Gasteiger partial charge in [-0.15, -0.1) is 13.2 Å². The SMILES string of the molecule is C=CCOS(=O)(=O)c1ccccc1.CC[O-].[Na+]. The molecule has 0 aliphatic heterocycles. The van der Waals surface area contributed by atoms with Crippen molar-refractivity contribution in [1.29, 1.82) is 0 Å². The molecule has 0 unspecified atom stereocenters. The molecular formula is C11H15NaO4S. The van der Waals surface area contributed by atoms with Gasteiger partial charge in [-0.3, -0.25) is 4.18 Å². The van der Waals surface area contributed by atoms with Crippen LogP contribution in [0.2, 0.25) is 0 Å². The molecule has 6 heteroatoms. The molecule has 1 rings (SSSR count). The van der Waals surface area contributed by atoms with Gasteiger partial charge < -0.3 is 5.11 Å². The molecule has 0 radical (unpaired) electrons. The van der Waals surface area contributed by atoms with E-state index in [0.717, 1.165) is 0 Å². The average Bonchev–Trinajstić information content (AvgIpc) is 2.29. The third kappa shape index (κ3) is 8.54. The molecule has 0 bridgehead atoms. The van der Waals surface area contributed by atoms with Crippen LogP contribution in [0.4, 0.5) is 0 Å². The predicted octanol–water partition coefficient (Wildman–Crippen LogP) is -2.05. The molecule has 1 aromatic rings. The van der Waals surface area contributed by atoms with Crippen molar-refractivity contribution in [2.24, 2.45) is 0 Å². The van der Waals surface area contributed by atoms with Crippen molar-refractivity contribution in [1.82, 2.24) is 0 Å². The van der Waals surface area contributed by atoms with Crippen molar-refractivity contribution < 1.29 is 47.3 Å². The van der Waals surface area contributed by atoms with Gasteiger partial charge in [0.05, 0.1) is 11.5 Å². The summed E-state index contributed by atoms with van der Waals surface area (Å²) in [6.45, 7) is 4.93. The van der Waals surface area contributed by atoms with E-state index in [1.807, 2.05) is 0 Å². The van der Waals surface area contributed by atoms with E-state index in [4.69, 9.17) is 5.11 Å². The molecule has 0 fully saturated rings. The standard InChI is InChI=1S/C9H10O3S.C2H5O.Na/c1-2-8-12-13(10,11)9-6-4-3-5-7-9;1-2-3;/h2-7H,1,8H2;2H2,1H3;/q;-1;+1. The molecule has 0 amide bonds. The quantitative estimate of drug-likeness (QED) is 0.357. The van der Waals surface area contributed by atoms with E-state index in [0.29, 0.717) is 0 Å². The summed E-state index contributed by atoms with van der Waals surface area (Å²) in [5, 5.41) is 8.93. The summed E-state index contributed by atoms with van der Waals surface area (Å²) < 4.78 is 27.3. The van der Waals surface area contributed by atoms with Crippen molar-refractivity contribution in [2.75, 3.05) is 13.2 Å². The average molecular weight is 266 g/mol. The van der Waals surface area contributed by atoms with E-state index in [1.54, 1.807) is 25.1 Å². The van der Waals surface area contributed by atoms with E-state index in [2.05, 4.69) is 10.8 Å². The number of benzene rings is 1. The Kier molecular flexibility index (Phi) is 12.4. The molecule has 17 heavy (non-hydrogen) atoms. The van der Waals surface area contributed by atoms with Gasteiger partial charge >= 0.3 is 29.6 Å². The minimum Gasteiger partial charge on any atom is -0.855 e. The third-order valence-electron chi connectivity index (χ3n) is 1.37. The molecule has 0 spiro atoms. The summed E-state index contributed by atoms with van der Waals surface area (Å²) in [4.78, 5) is 0.164. The zero-order chi connectivity index (χ0) is 12.4. The van der Waals surface area contributed by atoms with Gasteiger partial charge in [-0.1, -0.05) is 31.2 Å². The van der Waals surface area contributed by atoms with Crippen molar-refractivity contribution in [2.45, 2.75) is 11.8 Å². The third-order valence-corrected chi connectivity index (χ3v) is 2.67. The zero-order valence-electron chi connectivity index (χ0n) is 10.1. The smallest absolute Gasteiger partial charge is 0.855 e. The number of hydrogen-bond acceptors (Lipinski definition) is 4. The second kappa shape index (κ2) is 11.0. The maximum Gasteiger partial charge on any atom is 1.00 e. The monoisotopic (exact) mass is 266 g/mol. The topological polar surface area (TPSA) is 66.4 Å². The fraction of sp³-hybridized carbons (Fsp3) is 0.273. The zero-order valence-corrected chi connectivity index (χ0v) is 12.9. The van der Waals surface area contributed by atoms with Gasteiger partial charge in [-0.25, -0.2) is 0 Å². The van der Waals surface area contributed by atoms with Gasteiger partial charge in [0, 0.05) is 0 Å². The Hall–Kier alpha value is -0.170. The normalized spacial score (nSPS) is 9.53. The first-order valence-electron chi connectivity index (χ1n) is 4.72. The molecule has 90 valence electrons. The first-order valence-corrected chi connectivity index (χ1v) is 6.12. The fourth-order valence-electron chi connectivity index (χ4n) is 0.793. The molecule has 0 N–H and O–H groups in total. The van der Waals surface area contributed by atoms with Crippen LogP contribution in [0.25, 0.3) is 0 Å². The molecule has 0 atom stereocenters. The second-order valence-corrected chi connectivity index (χ2v) is 4.24. The van der Waals surface area contributed by atoms with Crippen molar-refractivity contribution >= 4 is 10.1 Å². The summed E-state index contributed by atoms with van der Waals surface area (Å²) in [5.41, 5.74) is 0. The molecule has 0 aliphatic carbocycles. The van der Waals surface area contributed by atoms with Crippen molar-refractivity contribution in [3.05, 3.63) is 43.0 Å². The van der Waals surface area contributed by atoms with Crippen LogP contribution in [0.5, 0.6) is 0 Å². The van der Waals surface area contributed by atoms with Gasteiger partial charge in [0.15, 0.2) is 0 Å². The van der Waals surface area contributed by atoms with Crippen LogP contribution in [0.3, 0.4) is 0 Å². The van der Waals surface area contributed by atoms with Crippen LogP contribution in [0, 0.1) is 0 Å². The Balaban J connectivity index is 0. The van der Waals surface area contributed by atoms with Crippen LogP contribution in [-0.4, -0.2) is 21.6 Å². The van der Waals surface area contributed by atoms with E-state index in [9.17, 15) is 8.42 Å². The molecule has 0 saturated heterocycles. The number of rotatable bonds is 4. The van der Waals surface area contributed by atoms with E-state index < -0.39 is 10.1 Å². The Morgan fingerprint density at radius 3 is 2.24 bits per heavy atom. The van der Waals surface area contributed by atoms with Crippen LogP contribution in [-0.2, 0) is 14.3 Å². The predicted molar refractivity (Wildman–Crippen MR) is 60.3 cm³/mol. The maximum atomic E-state index is 11.3. The van der Waals surface area contributed by atoms with E-state index >= 15 is 0 Å². The minimum absolute atomic E-state index is 0. The minimum atomic E-state index is -3.59. The first-order chi connectivity index (χ1) is 7.58. The number of hydrogen-bond donors (Lipinski definition) is 0.